The molecular weight excluding hydrogens is 212 g/mol. The van der Waals surface area contributed by atoms with Crippen LogP contribution in [-0.4, -0.2) is 24.1 Å². The number of benzene rings is 1. The van der Waals surface area contributed by atoms with Gasteiger partial charge in [0, 0.05) is 12.1 Å². The smallest absolute Gasteiger partial charge is 0.0834 e. The first kappa shape index (κ1) is 12.6. The maximum absolute atomic E-state index is 5.23. The molecule has 17 heavy (non-hydrogen) atoms. The van der Waals surface area contributed by atoms with E-state index in [0.29, 0.717) is 18.7 Å². The molecule has 1 fully saturated rings. The van der Waals surface area contributed by atoms with Crippen LogP contribution in [0.1, 0.15) is 37.8 Å². The fourth-order valence-electron chi connectivity index (χ4n) is 2.75. The van der Waals surface area contributed by atoms with E-state index in [9.17, 15) is 0 Å². The lowest BCUT2D eigenvalue weighted by atomic mass is 9.97. The van der Waals surface area contributed by atoms with E-state index in [1.54, 1.807) is 0 Å². The monoisotopic (exact) mass is 234 g/mol. The van der Waals surface area contributed by atoms with Crippen LogP contribution in [0.15, 0.2) is 30.3 Å². The van der Waals surface area contributed by atoms with E-state index in [2.05, 4.69) is 42.2 Å². The second-order valence-electron chi connectivity index (χ2n) is 4.81. The summed E-state index contributed by atoms with van der Waals surface area (Å²) in [4.78, 5) is 7.38. The average molecular weight is 234 g/mol. The van der Waals surface area contributed by atoms with Crippen LogP contribution in [0.4, 0.5) is 0 Å². The standard InChI is InChI=1S/C14H22N2O/c1-12(13-7-3-2-4-8-13)16-10-6-5-9-14(16)11-17-15/h2-4,7-8,12,14H,5-6,9-11,15H2,1H3. The fourth-order valence-corrected chi connectivity index (χ4v) is 2.75. The molecule has 0 aliphatic carbocycles. The molecule has 1 aliphatic heterocycles. The maximum atomic E-state index is 5.23. The van der Waals surface area contributed by atoms with Gasteiger partial charge in [-0.1, -0.05) is 36.8 Å². The minimum absolute atomic E-state index is 0.441. The SMILES string of the molecule is CC(c1ccccc1)N1CCCCC1CON. The van der Waals surface area contributed by atoms with E-state index in [1.165, 1.54) is 24.8 Å². The van der Waals surface area contributed by atoms with E-state index in [4.69, 9.17) is 10.7 Å². The third-order valence-corrected chi connectivity index (χ3v) is 3.74. The number of hydrogen-bond acceptors (Lipinski definition) is 3. The van der Waals surface area contributed by atoms with Gasteiger partial charge >= 0.3 is 0 Å². The van der Waals surface area contributed by atoms with Gasteiger partial charge in [0.25, 0.3) is 0 Å². The van der Waals surface area contributed by atoms with Crippen LogP contribution < -0.4 is 5.90 Å². The van der Waals surface area contributed by atoms with Crippen molar-refractivity contribution in [3.63, 3.8) is 0 Å². The predicted molar refractivity (Wildman–Crippen MR) is 69.3 cm³/mol. The molecule has 2 rings (SSSR count). The van der Waals surface area contributed by atoms with E-state index in [0.717, 1.165) is 6.54 Å². The molecule has 1 saturated heterocycles. The van der Waals surface area contributed by atoms with Gasteiger partial charge in [-0.15, -0.1) is 0 Å². The minimum Gasteiger partial charge on any atom is -0.303 e. The summed E-state index contributed by atoms with van der Waals surface area (Å²) in [5.41, 5.74) is 1.37. The largest absolute Gasteiger partial charge is 0.303 e. The summed E-state index contributed by atoms with van der Waals surface area (Å²) in [6.07, 6.45) is 3.75. The minimum atomic E-state index is 0.441. The molecule has 0 bridgehead atoms. The first-order valence-corrected chi connectivity index (χ1v) is 6.45. The lowest BCUT2D eigenvalue weighted by molar-refractivity contribution is 0.0202. The van der Waals surface area contributed by atoms with Crippen molar-refractivity contribution in [3.8, 4) is 0 Å². The van der Waals surface area contributed by atoms with Crippen LogP contribution in [0.25, 0.3) is 0 Å². The normalized spacial score (nSPS) is 23.5. The van der Waals surface area contributed by atoms with Crippen LogP contribution >= 0.6 is 0 Å². The summed E-state index contributed by atoms with van der Waals surface area (Å²) in [5.74, 6) is 5.23. The molecule has 3 nitrogen and oxygen atoms in total. The highest BCUT2D eigenvalue weighted by Crippen LogP contribution is 2.28. The van der Waals surface area contributed by atoms with Crippen molar-refractivity contribution in [2.45, 2.75) is 38.3 Å². The van der Waals surface area contributed by atoms with Gasteiger partial charge < -0.3 is 4.84 Å². The highest BCUT2D eigenvalue weighted by atomic mass is 16.6. The average Bonchev–Trinajstić information content (AvgIpc) is 2.40. The molecule has 1 aromatic carbocycles. The Bertz CT molecular complexity index is 326. The summed E-state index contributed by atoms with van der Waals surface area (Å²) >= 11 is 0. The van der Waals surface area contributed by atoms with Gasteiger partial charge in [0.1, 0.15) is 0 Å². The van der Waals surface area contributed by atoms with Crippen LogP contribution in [0.5, 0.6) is 0 Å². The van der Waals surface area contributed by atoms with Gasteiger partial charge in [-0.3, -0.25) is 4.90 Å². The lowest BCUT2D eigenvalue weighted by Gasteiger charge is -2.39. The zero-order chi connectivity index (χ0) is 12.1. The van der Waals surface area contributed by atoms with Gasteiger partial charge in [0.05, 0.1) is 6.61 Å². The maximum Gasteiger partial charge on any atom is 0.0834 e. The van der Waals surface area contributed by atoms with Crippen molar-refractivity contribution in [2.24, 2.45) is 5.90 Å². The molecule has 0 aromatic heterocycles. The summed E-state index contributed by atoms with van der Waals surface area (Å²) in [6, 6.07) is 11.6. The van der Waals surface area contributed by atoms with Crippen LogP contribution in [0.3, 0.4) is 0 Å². The third kappa shape index (κ3) is 3.06. The quantitative estimate of drug-likeness (QED) is 0.813. The Balaban J connectivity index is 2.08. The molecule has 1 heterocycles. The zero-order valence-electron chi connectivity index (χ0n) is 10.5. The molecule has 0 saturated carbocycles. The molecular formula is C14H22N2O. The molecule has 1 aromatic rings. The third-order valence-electron chi connectivity index (χ3n) is 3.74. The van der Waals surface area contributed by atoms with Gasteiger partial charge in [-0.05, 0) is 31.9 Å². The van der Waals surface area contributed by atoms with E-state index < -0.39 is 0 Å². The molecule has 94 valence electrons. The fraction of sp³-hybridized carbons (Fsp3) is 0.571. The summed E-state index contributed by atoms with van der Waals surface area (Å²) < 4.78 is 0. The number of likely N-dealkylation sites (tertiary alicyclic amines) is 1. The predicted octanol–water partition coefficient (Wildman–Crippen LogP) is 2.49. The Kier molecular flexibility index (Phi) is 4.54. The molecule has 1 aliphatic rings. The van der Waals surface area contributed by atoms with Gasteiger partial charge in [-0.2, -0.15) is 0 Å². The number of hydrogen-bond donors (Lipinski definition) is 1. The van der Waals surface area contributed by atoms with Crippen LogP contribution in [0, 0.1) is 0 Å². The van der Waals surface area contributed by atoms with Crippen molar-refractivity contribution in [1.29, 1.82) is 0 Å². The Hall–Kier alpha value is -0.900. The highest BCUT2D eigenvalue weighted by Gasteiger charge is 2.27. The second kappa shape index (κ2) is 6.15. The van der Waals surface area contributed by atoms with Crippen molar-refractivity contribution in [3.05, 3.63) is 35.9 Å². The number of piperidine rings is 1. The van der Waals surface area contributed by atoms with Crippen molar-refractivity contribution in [1.82, 2.24) is 4.90 Å². The molecule has 0 spiro atoms. The van der Waals surface area contributed by atoms with Gasteiger partial charge in [0.2, 0.25) is 0 Å². The molecule has 2 unspecified atom stereocenters. The molecule has 2 atom stereocenters. The van der Waals surface area contributed by atoms with Gasteiger partial charge in [0.15, 0.2) is 0 Å². The lowest BCUT2D eigenvalue weighted by Crippen LogP contribution is -2.44. The summed E-state index contributed by atoms with van der Waals surface area (Å²) in [7, 11) is 0. The first-order valence-electron chi connectivity index (χ1n) is 6.45. The summed E-state index contributed by atoms with van der Waals surface area (Å²) in [5, 5.41) is 0. The Morgan fingerprint density at radius 1 is 1.35 bits per heavy atom. The number of rotatable bonds is 4. The Morgan fingerprint density at radius 3 is 2.82 bits per heavy atom. The Morgan fingerprint density at radius 2 is 2.12 bits per heavy atom. The van der Waals surface area contributed by atoms with E-state index >= 15 is 0 Å². The molecule has 2 N–H and O–H groups in total. The van der Waals surface area contributed by atoms with Crippen molar-refractivity contribution in [2.75, 3.05) is 13.2 Å². The van der Waals surface area contributed by atoms with Crippen LogP contribution in [0.2, 0.25) is 0 Å². The molecule has 0 radical (unpaired) electrons. The van der Waals surface area contributed by atoms with Gasteiger partial charge in [-0.25, -0.2) is 5.90 Å². The first-order chi connectivity index (χ1) is 8.33. The highest BCUT2D eigenvalue weighted by molar-refractivity contribution is 5.18. The topological polar surface area (TPSA) is 38.5 Å². The Labute approximate surface area is 104 Å². The van der Waals surface area contributed by atoms with E-state index in [1.807, 2.05) is 0 Å². The van der Waals surface area contributed by atoms with Crippen molar-refractivity contribution < 1.29 is 4.84 Å². The molecule has 3 heteroatoms. The van der Waals surface area contributed by atoms with Crippen LogP contribution in [-0.2, 0) is 4.84 Å². The number of nitrogens with zero attached hydrogens (tertiary/aromatic N) is 1. The molecule has 0 amide bonds. The van der Waals surface area contributed by atoms with Crippen molar-refractivity contribution >= 4 is 0 Å². The van der Waals surface area contributed by atoms with E-state index in [-0.39, 0.29) is 0 Å². The zero-order valence-corrected chi connectivity index (χ0v) is 10.5. The second-order valence-corrected chi connectivity index (χ2v) is 4.81. The number of nitrogens with two attached hydrogens (primary N) is 1. The summed E-state index contributed by atoms with van der Waals surface area (Å²) in [6.45, 7) is 4.05.